The standard InChI is InChI=1S/C18H20F2N2O3/c1-4-22-11-14(12(3)21-22)15(23)8-6-13-7-9-16(25-18(19)20)17(10-13)24-5-2/h6-11,18H,4-5H2,1-3H3/b8-6+. The monoisotopic (exact) mass is 350 g/mol. The highest BCUT2D eigenvalue weighted by Crippen LogP contribution is 2.30. The summed E-state index contributed by atoms with van der Waals surface area (Å²) in [6.07, 6.45) is 4.72. The molecule has 0 saturated carbocycles. The van der Waals surface area contributed by atoms with Crippen LogP contribution in [0.3, 0.4) is 0 Å². The fourth-order valence-corrected chi connectivity index (χ4v) is 2.27. The molecule has 2 aromatic rings. The molecule has 0 aliphatic carbocycles. The van der Waals surface area contributed by atoms with Crippen LogP contribution in [-0.4, -0.2) is 28.8 Å². The van der Waals surface area contributed by atoms with Crippen molar-refractivity contribution >= 4 is 11.9 Å². The van der Waals surface area contributed by atoms with E-state index >= 15 is 0 Å². The molecule has 0 amide bonds. The number of nitrogens with zero attached hydrogens (tertiary/aromatic N) is 2. The molecule has 0 aliphatic heterocycles. The number of hydrogen-bond acceptors (Lipinski definition) is 4. The first-order valence-corrected chi connectivity index (χ1v) is 7.92. The molecule has 2 rings (SSSR count). The Balaban J connectivity index is 2.20. The molecule has 0 atom stereocenters. The molecule has 1 aromatic carbocycles. The second-order valence-corrected chi connectivity index (χ2v) is 5.20. The molecular weight excluding hydrogens is 330 g/mol. The van der Waals surface area contributed by atoms with Gasteiger partial charge in [0.15, 0.2) is 17.3 Å². The second-order valence-electron chi connectivity index (χ2n) is 5.20. The Morgan fingerprint density at radius 2 is 2.08 bits per heavy atom. The van der Waals surface area contributed by atoms with Crippen LogP contribution in [0.1, 0.15) is 35.5 Å². The molecule has 25 heavy (non-hydrogen) atoms. The van der Waals surface area contributed by atoms with E-state index in [1.54, 1.807) is 42.9 Å². The average Bonchev–Trinajstić information content (AvgIpc) is 2.95. The Morgan fingerprint density at radius 3 is 2.68 bits per heavy atom. The maximum Gasteiger partial charge on any atom is 0.387 e. The Bertz CT molecular complexity index is 770. The van der Waals surface area contributed by atoms with Crippen molar-refractivity contribution < 1.29 is 23.0 Å². The molecule has 0 aliphatic rings. The summed E-state index contributed by atoms with van der Waals surface area (Å²) in [4.78, 5) is 12.3. The molecule has 0 N–H and O–H groups in total. The molecule has 0 spiro atoms. The Morgan fingerprint density at radius 1 is 1.32 bits per heavy atom. The minimum atomic E-state index is -2.93. The van der Waals surface area contributed by atoms with Gasteiger partial charge < -0.3 is 9.47 Å². The van der Waals surface area contributed by atoms with Gasteiger partial charge in [-0.15, -0.1) is 0 Å². The number of ether oxygens (including phenoxy) is 2. The summed E-state index contributed by atoms with van der Waals surface area (Å²) >= 11 is 0. The summed E-state index contributed by atoms with van der Waals surface area (Å²) in [6, 6.07) is 4.52. The van der Waals surface area contributed by atoms with Crippen molar-refractivity contribution in [1.29, 1.82) is 0 Å². The van der Waals surface area contributed by atoms with Crippen molar-refractivity contribution in [2.45, 2.75) is 33.9 Å². The second kappa shape index (κ2) is 8.41. The molecular formula is C18H20F2N2O3. The van der Waals surface area contributed by atoms with Crippen LogP contribution < -0.4 is 9.47 Å². The lowest BCUT2D eigenvalue weighted by atomic mass is 10.1. The summed E-state index contributed by atoms with van der Waals surface area (Å²) in [6.45, 7) is 3.51. The van der Waals surface area contributed by atoms with E-state index in [1.807, 2.05) is 6.92 Å². The van der Waals surface area contributed by atoms with Crippen molar-refractivity contribution in [3.63, 3.8) is 0 Å². The van der Waals surface area contributed by atoms with E-state index < -0.39 is 6.61 Å². The number of hydrogen-bond donors (Lipinski definition) is 0. The number of ketones is 1. The zero-order valence-electron chi connectivity index (χ0n) is 14.3. The Hall–Kier alpha value is -2.70. The van der Waals surface area contributed by atoms with Crippen molar-refractivity contribution in [3.8, 4) is 11.5 Å². The van der Waals surface area contributed by atoms with Crippen molar-refractivity contribution in [2.24, 2.45) is 0 Å². The van der Waals surface area contributed by atoms with E-state index in [0.717, 1.165) is 0 Å². The zero-order valence-corrected chi connectivity index (χ0v) is 14.3. The predicted octanol–water partition coefficient (Wildman–Crippen LogP) is 4.11. The van der Waals surface area contributed by atoms with Gasteiger partial charge in [-0.25, -0.2) is 0 Å². The first-order valence-electron chi connectivity index (χ1n) is 7.92. The summed E-state index contributed by atoms with van der Waals surface area (Å²) in [5.74, 6) is -0.0177. The lowest BCUT2D eigenvalue weighted by Crippen LogP contribution is -2.04. The molecule has 1 heterocycles. The topological polar surface area (TPSA) is 53.4 Å². The molecule has 0 radical (unpaired) electrons. The molecule has 1 aromatic heterocycles. The normalized spacial score (nSPS) is 11.3. The molecule has 134 valence electrons. The lowest BCUT2D eigenvalue weighted by Gasteiger charge is -2.11. The largest absolute Gasteiger partial charge is 0.490 e. The minimum Gasteiger partial charge on any atom is -0.490 e. The predicted molar refractivity (Wildman–Crippen MR) is 90.2 cm³/mol. The van der Waals surface area contributed by atoms with Crippen LogP contribution in [0.25, 0.3) is 6.08 Å². The van der Waals surface area contributed by atoms with Crippen LogP contribution >= 0.6 is 0 Å². The maximum atomic E-state index is 12.4. The zero-order chi connectivity index (χ0) is 18.4. The highest BCUT2D eigenvalue weighted by Gasteiger charge is 2.12. The van der Waals surface area contributed by atoms with Gasteiger partial charge in [0.25, 0.3) is 0 Å². The van der Waals surface area contributed by atoms with Gasteiger partial charge >= 0.3 is 6.61 Å². The quantitative estimate of drug-likeness (QED) is 0.531. The molecule has 0 bridgehead atoms. The van der Waals surface area contributed by atoms with Gasteiger partial charge in [-0.1, -0.05) is 12.1 Å². The number of benzene rings is 1. The van der Waals surface area contributed by atoms with Gasteiger partial charge in [-0.3, -0.25) is 9.48 Å². The lowest BCUT2D eigenvalue weighted by molar-refractivity contribution is -0.0514. The highest BCUT2D eigenvalue weighted by molar-refractivity contribution is 6.07. The van der Waals surface area contributed by atoms with Gasteiger partial charge in [0.2, 0.25) is 0 Å². The van der Waals surface area contributed by atoms with Crippen molar-refractivity contribution in [3.05, 3.63) is 47.3 Å². The van der Waals surface area contributed by atoms with E-state index in [4.69, 9.17) is 4.74 Å². The first kappa shape index (κ1) is 18.6. The Kier molecular flexibility index (Phi) is 6.27. The van der Waals surface area contributed by atoms with Gasteiger partial charge in [-0.05, 0) is 44.5 Å². The van der Waals surface area contributed by atoms with E-state index in [9.17, 15) is 13.6 Å². The highest BCUT2D eigenvalue weighted by atomic mass is 19.3. The average molecular weight is 350 g/mol. The van der Waals surface area contributed by atoms with Crippen LogP contribution in [0.5, 0.6) is 11.5 Å². The van der Waals surface area contributed by atoms with E-state index in [0.29, 0.717) is 30.0 Å². The number of aryl methyl sites for hydroxylation is 2. The van der Waals surface area contributed by atoms with E-state index in [1.165, 1.54) is 12.1 Å². The number of carbonyl (C=O) groups is 1. The third-order valence-corrected chi connectivity index (χ3v) is 3.45. The number of allylic oxidation sites excluding steroid dienone is 1. The smallest absolute Gasteiger partial charge is 0.387 e. The summed E-state index contributed by atoms with van der Waals surface area (Å²) < 4.78 is 36.2. The molecule has 0 saturated heterocycles. The van der Waals surface area contributed by atoms with Gasteiger partial charge in [0, 0.05) is 12.7 Å². The molecule has 0 fully saturated rings. The van der Waals surface area contributed by atoms with Crippen LogP contribution in [0.2, 0.25) is 0 Å². The summed E-state index contributed by atoms with van der Waals surface area (Å²) in [7, 11) is 0. The molecule has 5 nitrogen and oxygen atoms in total. The Labute approximate surface area is 144 Å². The number of carbonyl (C=O) groups excluding carboxylic acids is 1. The van der Waals surface area contributed by atoms with Gasteiger partial charge in [0.05, 0.1) is 17.9 Å². The van der Waals surface area contributed by atoms with E-state index in [2.05, 4.69) is 9.84 Å². The van der Waals surface area contributed by atoms with Crippen LogP contribution in [0.15, 0.2) is 30.5 Å². The maximum absolute atomic E-state index is 12.4. The van der Waals surface area contributed by atoms with Crippen molar-refractivity contribution in [1.82, 2.24) is 9.78 Å². The number of rotatable bonds is 8. The van der Waals surface area contributed by atoms with E-state index in [-0.39, 0.29) is 17.3 Å². The SMILES string of the molecule is CCOc1cc(/C=C/C(=O)c2cn(CC)nc2C)ccc1OC(F)F. The van der Waals surface area contributed by atoms with Gasteiger partial charge in [-0.2, -0.15) is 13.9 Å². The third kappa shape index (κ3) is 4.89. The first-order chi connectivity index (χ1) is 11.9. The molecule has 0 unspecified atom stereocenters. The number of alkyl halides is 2. The summed E-state index contributed by atoms with van der Waals surface area (Å²) in [5.41, 5.74) is 1.83. The van der Waals surface area contributed by atoms with Crippen molar-refractivity contribution in [2.75, 3.05) is 6.61 Å². The van der Waals surface area contributed by atoms with Crippen LogP contribution in [-0.2, 0) is 6.54 Å². The fraction of sp³-hybridized carbons (Fsp3) is 0.333. The number of halogens is 2. The summed E-state index contributed by atoms with van der Waals surface area (Å²) in [5, 5.41) is 4.24. The van der Waals surface area contributed by atoms with Crippen LogP contribution in [0, 0.1) is 6.92 Å². The third-order valence-electron chi connectivity index (χ3n) is 3.45. The fourth-order valence-electron chi connectivity index (χ4n) is 2.27. The minimum absolute atomic E-state index is 0.0413. The molecule has 7 heteroatoms. The number of aromatic nitrogens is 2. The van der Waals surface area contributed by atoms with Crippen LogP contribution in [0.4, 0.5) is 8.78 Å². The van der Waals surface area contributed by atoms with Gasteiger partial charge in [0.1, 0.15) is 0 Å².